The Morgan fingerprint density at radius 1 is 1.42 bits per heavy atom. The number of halogens is 1. The van der Waals surface area contributed by atoms with Crippen molar-refractivity contribution in [3.8, 4) is 0 Å². The minimum atomic E-state index is 0.289. The molecule has 0 saturated heterocycles. The van der Waals surface area contributed by atoms with Gasteiger partial charge in [-0.2, -0.15) is 0 Å². The molecule has 2 rings (SSSR count). The largest absolute Gasteiger partial charge is 0.324 e. The molecule has 0 aliphatic carbocycles. The maximum absolute atomic E-state index is 5.86. The van der Waals surface area contributed by atoms with E-state index in [9.17, 15) is 0 Å². The third-order valence-corrected chi connectivity index (χ3v) is 3.81. The van der Waals surface area contributed by atoms with Crippen LogP contribution in [0, 0.1) is 0 Å². The van der Waals surface area contributed by atoms with Crippen LogP contribution in [0.15, 0.2) is 23.5 Å². The fourth-order valence-electron chi connectivity index (χ4n) is 1.74. The van der Waals surface area contributed by atoms with Crippen LogP contribution in [-0.4, -0.2) is 19.7 Å². The summed E-state index contributed by atoms with van der Waals surface area (Å²) < 4.78 is 2.06. The zero-order valence-electron chi connectivity index (χ0n) is 10.9. The molecule has 0 aromatic carbocycles. The lowest BCUT2D eigenvalue weighted by Gasteiger charge is -2.12. The van der Waals surface area contributed by atoms with Crippen LogP contribution < -0.4 is 5.73 Å². The summed E-state index contributed by atoms with van der Waals surface area (Å²) in [5, 5.41) is 9.69. The molecule has 0 bridgehead atoms. The van der Waals surface area contributed by atoms with Crippen molar-refractivity contribution in [1.82, 2.24) is 19.7 Å². The highest BCUT2D eigenvalue weighted by Crippen LogP contribution is 2.25. The summed E-state index contributed by atoms with van der Waals surface area (Å²) in [4.78, 5) is 3.96. The van der Waals surface area contributed by atoms with Gasteiger partial charge in [0.05, 0.1) is 6.54 Å². The van der Waals surface area contributed by atoms with Gasteiger partial charge in [-0.05, 0) is 31.5 Å². The molecule has 0 radical (unpaired) electrons. The SMILES string of the molecule is CC(C)n1c(CN)nnc1SCc1ccnc(Cl)c1. The van der Waals surface area contributed by atoms with E-state index >= 15 is 0 Å². The second-order valence-corrected chi connectivity index (χ2v) is 5.67. The molecule has 102 valence electrons. The van der Waals surface area contributed by atoms with Crippen molar-refractivity contribution < 1.29 is 0 Å². The van der Waals surface area contributed by atoms with E-state index in [1.807, 2.05) is 12.1 Å². The lowest BCUT2D eigenvalue weighted by molar-refractivity contribution is 0.526. The highest BCUT2D eigenvalue weighted by Gasteiger charge is 2.14. The molecule has 0 amide bonds. The zero-order valence-corrected chi connectivity index (χ0v) is 12.4. The van der Waals surface area contributed by atoms with Crippen molar-refractivity contribution in [2.45, 2.75) is 37.3 Å². The van der Waals surface area contributed by atoms with Crippen LogP contribution >= 0.6 is 23.4 Å². The van der Waals surface area contributed by atoms with Crippen LogP contribution in [0.3, 0.4) is 0 Å². The molecule has 2 aromatic rings. The van der Waals surface area contributed by atoms with Gasteiger partial charge in [0, 0.05) is 18.0 Å². The molecule has 0 unspecified atom stereocenters. The second-order valence-electron chi connectivity index (χ2n) is 4.34. The quantitative estimate of drug-likeness (QED) is 0.679. The smallest absolute Gasteiger partial charge is 0.191 e. The van der Waals surface area contributed by atoms with Gasteiger partial charge in [0.1, 0.15) is 11.0 Å². The van der Waals surface area contributed by atoms with Crippen LogP contribution in [0.4, 0.5) is 0 Å². The molecule has 19 heavy (non-hydrogen) atoms. The van der Waals surface area contributed by atoms with Crippen LogP contribution in [-0.2, 0) is 12.3 Å². The van der Waals surface area contributed by atoms with Crippen molar-refractivity contribution in [2.75, 3.05) is 0 Å². The first kappa shape index (κ1) is 14.3. The van der Waals surface area contributed by atoms with Gasteiger partial charge < -0.3 is 10.3 Å². The summed E-state index contributed by atoms with van der Waals surface area (Å²) in [6, 6.07) is 4.09. The summed E-state index contributed by atoms with van der Waals surface area (Å²) in [5.41, 5.74) is 6.78. The van der Waals surface area contributed by atoms with Crippen molar-refractivity contribution >= 4 is 23.4 Å². The summed E-state index contributed by atoms with van der Waals surface area (Å²) >= 11 is 7.49. The van der Waals surface area contributed by atoms with Gasteiger partial charge in [-0.3, -0.25) is 0 Å². The summed E-state index contributed by atoms with van der Waals surface area (Å²) in [6.45, 7) is 4.58. The first-order chi connectivity index (χ1) is 9.11. The van der Waals surface area contributed by atoms with E-state index in [1.54, 1.807) is 18.0 Å². The van der Waals surface area contributed by atoms with E-state index in [0.29, 0.717) is 11.7 Å². The second kappa shape index (κ2) is 6.36. The Morgan fingerprint density at radius 3 is 2.84 bits per heavy atom. The van der Waals surface area contributed by atoms with Crippen molar-refractivity contribution in [2.24, 2.45) is 5.73 Å². The number of rotatable bonds is 5. The maximum atomic E-state index is 5.86. The third-order valence-electron chi connectivity index (χ3n) is 2.59. The van der Waals surface area contributed by atoms with Gasteiger partial charge in [0.2, 0.25) is 0 Å². The molecular weight excluding hydrogens is 282 g/mol. The minimum absolute atomic E-state index is 0.289. The fourth-order valence-corrected chi connectivity index (χ4v) is 2.97. The van der Waals surface area contributed by atoms with Crippen molar-refractivity contribution in [3.63, 3.8) is 0 Å². The molecule has 2 aromatic heterocycles. The Bertz CT molecular complexity index is 555. The number of hydrogen-bond donors (Lipinski definition) is 1. The Hall–Kier alpha value is -1.11. The summed E-state index contributed by atoms with van der Waals surface area (Å²) in [7, 11) is 0. The predicted octanol–water partition coefficient (Wildman–Crippen LogP) is 2.66. The van der Waals surface area contributed by atoms with E-state index in [0.717, 1.165) is 22.3 Å². The standard InChI is InChI=1S/C12H16ClN5S/c1-8(2)18-11(6-14)16-17-12(18)19-7-9-3-4-15-10(13)5-9/h3-5,8H,6-7,14H2,1-2H3. The topological polar surface area (TPSA) is 69.6 Å². The summed E-state index contributed by atoms with van der Waals surface area (Å²) in [6.07, 6.45) is 1.71. The normalized spacial score (nSPS) is 11.2. The maximum Gasteiger partial charge on any atom is 0.191 e. The number of pyridine rings is 1. The third kappa shape index (κ3) is 3.46. The Balaban J connectivity index is 2.13. The van der Waals surface area contributed by atoms with Crippen LogP contribution in [0.1, 0.15) is 31.3 Å². The number of hydrogen-bond acceptors (Lipinski definition) is 5. The average molecular weight is 298 g/mol. The van der Waals surface area contributed by atoms with Crippen LogP contribution in [0.25, 0.3) is 0 Å². The summed E-state index contributed by atoms with van der Waals surface area (Å²) in [5.74, 6) is 1.59. The van der Waals surface area contributed by atoms with Crippen molar-refractivity contribution in [3.05, 3.63) is 34.9 Å². The number of nitrogens with two attached hydrogens (primary N) is 1. The molecule has 2 N–H and O–H groups in total. The highest BCUT2D eigenvalue weighted by atomic mass is 35.5. The molecule has 5 nitrogen and oxygen atoms in total. The minimum Gasteiger partial charge on any atom is -0.324 e. The van der Waals surface area contributed by atoms with E-state index < -0.39 is 0 Å². The first-order valence-corrected chi connectivity index (χ1v) is 7.35. The van der Waals surface area contributed by atoms with Gasteiger partial charge >= 0.3 is 0 Å². The molecule has 7 heteroatoms. The van der Waals surface area contributed by atoms with E-state index in [-0.39, 0.29) is 6.04 Å². The molecule has 0 aliphatic heterocycles. The Morgan fingerprint density at radius 2 is 2.21 bits per heavy atom. The Kier molecular flexibility index (Phi) is 4.79. The Labute approximate surface area is 121 Å². The fraction of sp³-hybridized carbons (Fsp3) is 0.417. The van der Waals surface area contributed by atoms with Gasteiger partial charge in [-0.15, -0.1) is 10.2 Å². The average Bonchev–Trinajstić information content (AvgIpc) is 2.79. The molecule has 0 spiro atoms. The molecule has 0 fully saturated rings. The van der Waals surface area contributed by atoms with E-state index in [4.69, 9.17) is 17.3 Å². The van der Waals surface area contributed by atoms with Crippen molar-refractivity contribution in [1.29, 1.82) is 0 Å². The number of aromatic nitrogens is 4. The van der Waals surface area contributed by atoms with E-state index in [2.05, 4.69) is 33.6 Å². The van der Waals surface area contributed by atoms with Crippen LogP contribution in [0.5, 0.6) is 0 Å². The van der Waals surface area contributed by atoms with Gasteiger partial charge in [-0.25, -0.2) is 4.98 Å². The monoisotopic (exact) mass is 297 g/mol. The molecule has 0 saturated carbocycles. The zero-order chi connectivity index (χ0) is 13.8. The number of thioether (sulfide) groups is 1. The van der Waals surface area contributed by atoms with Crippen LogP contribution in [0.2, 0.25) is 5.15 Å². The van der Waals surface area contributed by atoms with Gasteiger partial charge in [-0.1, -0.05) is 23.4 Å². The first-order valence-electron chi connectivity index (χ1n) is 5.99. The highest BCUT2D eigenvalue weighted by molar-refractivity contribution is 7.98. The van der Waals surface area contributed by atoms with Gasteiger partial charge in [0.25, 0.3) is 0 Å². The molecule has 0 aliphatic rings. The van der Waals surface area contributed by atoms with E-state index in [1.165, 1.54) is 0 Å². The molecule has 2 heterocycles. The van der Waals surface area contributed by atoms with Gasteiger partial charge in [0.15, 0.2) is 5.16 Å². The predicted molar refractivity (Wildman–Crippen MR) is 77.1 cm³/mol. The lowest BCUT2D eigenvalue weighted by Crippen LogP contribution is -2.11. The molecular formula is C12H16ClN5S. The number of nitrogens with zero attached hydrogens (tertiary/aromatic N) is 4. The molecule has 0 atom stereocenters. The lowest BCUT2D eigenvalue weighted by atomic mass is 10.3.